The maximum Gasteiger partial charge on any atom is 0.0629 e. The third-order valence-corrected chi connectivity index (χ3v) is 3.95. The molecule has 0 aromatic rings. The second-order valence-corrected chi connectivity index (χ2v) is 6.67. The summed E-state index contributed by atoms with van der Waals surface area (Å²) in [7, 11) is 0. The Balaban J connectivity index is 2.60. The number of hydrogen-bond donors (Lipinski definition) is 0. The molecule has 1 fully saturated rings. The van der Waals surface area contributed by atoms with E-state index in [9.17, 15) is 9.90 Å². The van der Waals surface area contributed by atoms with Gasteiger partial charge < -0.3 is 14.6 Å². The number of aliphatic carboxylic acids is 1. The van der Waals surface area contributed by atoms with E-state index in [4.69, 9.17) is 4.74 Å². The zero-order valence-corrected chi connectivity index (χ0v) is 12.2. The molecule has 0 bridgehead atoms. The Kier molecular flexibility index (Phi) is 5.64. The van der Waals surface area contributed by atoms with Crippen molar-refractivity contribution in [3.05, 3.63) is 0 Å². The van der Waals surface area contributed by atoms with Gasteiger partial charge in [-0.15, -0.1) is 0 Å². The van der Waals surface area contributed by atoms with Gasteiger partial charge in [0.05, 0.1) is 5.60 Å². The predicted octanol–water partition coefficient (Wildman–Crippen LogP) is 2.38. The number of carboxylic acid groups (broad SMARTS) is 1. The Morgan fingerprint density at radius 3 is 2.56 bits per heavy atom. The van der Waals surface area contributed by atoms with Gasteiger partial charge in [0.1, 0.15) is 0 Å². The van der Waals surface area contributed by atoms with Crippen LogP contribution in [0, 0.1) is 17.8 Å². The second kappa shape index (κ2) is 6.55. The van der Waals surface area contributed by atoms with E-state index in [1.54, 1.807) is 0 Å². The number of hydrogen-bond acceptors (Lipinski definition) is 3. The lowest BCUT2D eigenvalue weighted by Gasteiger charge is -2.39. The van der Waals surface area contributed by atoms with Crippen LogP contribution in [0.1, 0.15) is 59.8 Å². The summed E-state index contributed by atoms with van der Waals surface area (Å²) in [5.74, 6) is 0.432. The van der Waals surface area contributed by atoms with E-state index in [1.165, 1.54) is 0 Å². The van der Waals surface area contributed by atoms with Gasteiger partial charge in [0.2, 0.25) is 0 Å². The summed E-state index contributed by atoms with van der Waals surface area (Å²) in [6.45, 7) is 9.31. The molecule has 0 amide bonds. The van der Waals surface area contributed by atoms with Gasteiger partial charge in [-0.1, -0.05) is 20.3 Å². The standard InChI is InChI=1S/C15H28O3/c1-11(2)5-6-12(9-14(16)17)13-7-8-18-15(3,4)10-13/h11-13H,5-10H2,1-4H3,(H,16,17)/p-1/t12-,13+/m1/s1. The van der Waals surface area contributed by atoms with Crippen LogP contribution < -0.4 is 5.11 Å². The number of rotatable bonds is 6. The summed E-state index contributed by atoms with van der Waals surface area (Å²) >= 11 is 0. The summed E-state index contributed by atoms with van der Waals surface area (Å²) in [4.78, 5) is 10.9. The summed E-state index contributed by atoms with van der Waals surface area (Å²) in [6.07, 6.45) is 4.23. The maximum absolute atomic E-state index is 10.9. The first-order chi connectivity index (χ1) is 8.30. The van der Waals surface area contributed by atoms with Gasteiger partial charge in [-0.25, -0.2) is 0 Å². The van der Waals surface area contributed by atoms with Crippen molar-refractivity contribution < 1.29 is 14.6 Å². The Morgan fingerprint density at radius 1 is 1.39 bits per heavy atom. The lowest BCUT2D eigenvalue weighted by molar-refractivity contribution is -0.307. The van der Waals surface area contributed by atoms with Crippen LogP contribution >= 0.6 is 0 Å². The van der Waals surface area contributed by atoms with Gasteiger partial charge in [-0.2, -0.15) is 0 Å². The molecule has 0 aromatic heterocycles. The average molecular weight is 255 g/mol. The van der Waals surface area contributed by atoms with E-state index < -0.39 is 5.97 Å². The molecule has 1 heterocycles. The van der Waals surface area contributed by atoms with Crippen LogP contribution in [0.2, 0.25) is 0 Å². The third kappa shape index (κ3) is 5.38. The minimum absolute atomic E-state index is 0.106. The summed E-state index contributed by atoms with van der Waals surface area (Å²) in [6, 6.07) is 0. The Morgan fingerprint density at radius 2 is 2.06 bits per heavy atom. The molecule has 0 N–H and O–H groups in total. The van der Waals surface area contributed by atoms with Crippen LogP contribution in [0.15, 0.2) is 0 Å². The van der Waals surface area contributed by atoms with Crippen LogP contribution in [0.25, 0.3) is 0 Å². The Labute approximate surface area is 111 Å². The first-order valence-corrected chi connectivity index (χ1v) is 7.14. The maximum atomic E-state index is 10.9. The quantitative estimate of drug-likeness (QED) is 0.732. The highest BCUT2D eigenvalue weighted by Crippen LogP contribution is 2.37. The minimum atomic E-state index is -0.909. The molecule has 1 rings (SSSR count). The van der Waals surface area contributed by atoms with E-state index in [1.807, 2.05) is 0 Å². The van der Waals surface area contributed by atoms with Crippen LogP contribution in [-0.4, -0.2) is 18.2 Å². The molecule has 18 heavy (non-hydrogen) atoms. The summed E-state index contributed by atoms with van der Waals surface area (Å²) in [5.41, 5.74) is -0.106. The molecule has 0 spiro atoms. The fourth-order valence-corrected chi connectivity index (χ4v) is 2.95. The van der Waals surface area contributed by atoms with Crippen molar-refractivity contribution >= 4 is 5.97 Å². The second-order valence-electron chi connectivity index (χ2n) is 6.67. The monoisotopic (exact) mass is 255 g/mol. The molecule has 106 valence electrons. The molecule has 0 aromatic carbocycles. The first kappa shape index (κ1) is 15.5. The highest BCUT2D eigenvalue weighted by atomic mass is 16.5. The molecule has 3 heteroatoms. The first-order valence-electron chi connectivity index (χ1n) is 7.14. The van der Waals surface area contributed by atoms with Gasteiger partial charge in [0, 0.05) is 12.6 Å². The molecular formula is C15H27O3-. The van der Waals surface area contributed by atoms with Crippen LogP contribution in [-0.2, 0) is 9.53 Å². The zero-order valence-electron chi connectivity index (χ0n) is 12.2. The topological polar surface area (TPSA) is 49.4 Å². The Bertz CT molecular complexity index is 271. The molecule has 0 aliphatic carbocycles. The number of carbonyl (C=O) groups is 1. The van der Waals surface area contributed by atoms with E-state index in [2.05, 4.69) is 27.7 Å². The number of carboxylic acids is 1. The van der Waals surface area contributed by atoms with Gasteiger partial charge in [-0.3, -0.25) is 0 Å². The smallest absolute Gasteiger partial charge is 0.0629 e. The Hall–Kier alpha value is -0.570. The fraction of sp³-hybridized carbons (Fsp3) is 0.933. The molecule has 0 radical (unpaired) electrons. The van der Waals surface area contributed by atoms with Crippen molar-refractivity contribution in [1.82, 2.24) is 0 Å². The van der Waals surface area contributed by atoms with Crippen molar-refractivity contribution in [3.8, 4) is 0 Å². The van der Waals surface area contributed by atoms with Crippen LogP contribution in [0.3, 0.4) is 0 Å². The highest BCUT2D eigenvalue weighted by molar-refractivity contribution is 5.64. The summed E-state index contributed by atoms with van der Waals surface area (Å²) in [5, 5.41) is 10.9. The highest BCUT2D eigenvalue weighted by Gasteiger charge is 2.33. The normalized spacial score (nSPS) is 25.1. The van der Waals surface area contributed by atoms with E-state index >= 15 is 0 Å². The third-order valence-electron chi connectivity index (χ3n) is 3.95. The molecule has 0 unspecified atom stereocenters. The molecule has 1 aliphatic rings. The van der Waals surface area contributed by atoms with Gasteiger partial charge in [0.25, 0.3) is 0 Å². The molecular weight excluding hydrogens is 228 g/mol. The minimum Gasteiger partial charge on any atom is -0.550 e. The largest absolute Gasteiger partial charge is 0.550 e. The molecule has 1 saturated heterocycles. The lowest BCUT2D eigenvalue weighted by Crippen LogP contribution is -2.38. The van der Waals surface area contributed by atoms with Crippen molar-refractivity contribution in [2.24, 2.45) is 17.8 Å². The molecule has 1 aliphatic heterocycles. The van der Waals surface area contributed by atoms with Crippen LogP contribution in [0.5, 0.6) is 0 Å². The van der Waals surface area contributed by atoms with Crippen LogP contribution in [0.4, 0.5) is 0 Å². The average Bonchev–Trinajstić information content (AvgIpc) is 2.22. The fourth-order valence-electron chi connectivity index (χ4n) is 2.95. The van der Waals surface area contributed by atoms with Crippen molar-refractivity contribution in [3.63, 3.8) is 0 Å². The molecule has 3 nitrogen and oxygen atoms in total. The summed E-state index contributed by atoms with van der Waals surface area (Å²) < 4.78 is 5.71. The number of carbonyl (C=O) groups excluding carboxylic acids is 1. The van der Waals surface area contributed by atoms with Gasteiger partial charge >= 0.3 is 0 Å². The SMILES string of the molecule is CC(C)CC[C@H](CC(=O)[O-])[C@H]1CCOC(C)(C)C1. The van der Waals surface area contributed by atoms with Crippen molar-refractivity contribution in [2.45, 2.75) is 65.4 Å². The van der Waals surface area contributed by atoms with Gasteiger partial charge in [-0.05, 0) is 57.3 Å². The zero-order chi connectivity index (χ0) is 13.8. The predicted molar refractivity (Wildman–Crippen MR) is 69.9 cm³/mol. The number of ether oxygens (including phenoxy) is 1. The molecule has 0 saturated carbocycles. The molecule has 2 atom stereocenters. The van der Waals surface area contributed by atoms with Crippen molar-refractivity contribution in [2.75, 3.05) is 6.61 Å². The van der Waals surface area contributed by atoms with E-state index in [0.29, 0.717) is 11.8 Å². The van der Waals surface area contributed by atoms with Crippen molar-refractivity contribution in [1.29, 1.82) is 0 Å². The van der Waals surface area contributed by atoms with E-state index in [0.717, 1.165) is 32.3 Å². The lowest BCUT2D eigenvalue weighted by atomic mass is 9.76. The van der Waals surface area contributed by atoms with E-state index in [-0.39, 0.29) is 17.9 Å². The van der Waals surface area contributed by atoms with Gasteiger partial charge in [0.15, 0.2) is 0 Å².